The molecule has 4 nitrogen and oxygen atoms in total. The van der Waals surface area contributed by atoms with E-state index < -0.39 is 0 Å². The zero-order chi connectivity index (χ0) is 13.5. The van der Waals surface area contributed by atoms with Crippen LogP contribution in [0.15, 0.2) is 11.6 Å². The third-order valence-corrected chi connectivity index (χ3v) is 4.73. The van der Waals surface area contributed by atoms with Gasteiger partial charge >= 0.3 is 115 Å². The predicted octanol–water partition coefficient (Wildman–Crippen LogP) is 1.24. The molecule has 0 aromatic carbocycles. The quantitative estimate of drug-likeness (QED) is 0.546. The number of methoxy groups -OCH3 is 1. The molecule has 5 heteroatoms. The molecular formula is C13H21NO3Se. The molecule has 0 saturated heterocycles. The summed E-state index contributed by atoms with van der Waals surface area (Å²) in [6.45, 7) is 0.820. The summed E-state index contributed by atoms with van der Waals surface area (Å²) in [6, 6.07) is 0.440. The van der Waals surface area contributed by atoms with Crippen molar-refractivity contribution < 1.29 is 14.3 Å². The number of nitrogens with zero attached hydrogens (tertiary/aromatic N) is 1. The minimum absolute atomic E-state index is 0.116. The number of esters is 1. The monoisotopic (exact) mass is 319 g/mol. The van der Waals surface area contributed by atoms with E-state index in [-0.39, 0.29) is 20.9 Å². The van der Waals surface area contributed by atoms with Gasteiger partial charge in [0.1, 0.15) is 0 Å². The van der Waals surface area contributed by atoms with Crippen LogP contribution in [0.4, 0.5) is 0 Å². The average Bonchev–Trinajstić information content (AvgIpc) is 2.43. The van der Waals surface area contributed by atoms with Crippen molar-refractivity contribution in [2.75, 3.05) is 20.7 Å². The van der Waals surface area contributed by atoms with Gasteiger partial charge in [0.2, 0.25) is 0 Å². The average molecular weight is 318 g/mol. The van der Waals surface area contributed by atoms with E-state index >= 15 is 0 Å². The molecule has 18 heavy (non-hydrogen) atoms. The fourth-order valence-electron chi connectivity index (χ4n) is 2.09. The van der Waals surface area contributed by atoms with Gasteiger partial charge in [-0.3, -0.25) is 0 Å². The molecule has 1 aliphatic rings. The van der Waals surface area contributed by atoms with Crippen LogP contribution in [0.3, 0.4) is 0 Å². The normalized spacial score (nSPS) is 19.6. The number of carbonyl (C=O) groups excluding carboxylic acids is 2. The maximum atomic E-state index is 11.4. The van der Waals surface area contributed by atoms with E-state index in [0.717, 1.165) is 31.4 Å². The summed E-state index contributed by atoms with van der Waals surface area (Å²) in [7, 11) is 3.47. The van der Waals surface area contributed by atoms with Gasteiger partial charge in [0.25, 0.3) is 0 Å². The molecule has 0 radical (unpaired) electrons. The zero-order valence-corrected chi connectivity index (χ0v) is 13.0. The molecule has 0 aromatic heterocycles. The Labute approximate surface area is 115 Å². The number of hydrogen-bond acceptors (Lipinski definition) is 4. The first-order valence-corrected chi connectivity index (χ1v) is 8.69. The van der Waals surface area contributed by atoms with Crippen molar-refractivity contribution in [1.82, 2.24) is 4.90 Å². The van der Waals surface area contributed by atoms with Crippen LogP contribution in [0.25, 0.3) is 0 Å². The van der Waals surface area contributed by atoms with Gasteiger partial charge in [-0.1, -0.05) is 0 Å². The van der Waals surface area contributed by atoms with E-state index in [9.17, 15) is 9.59 Å². The van der Waals surface area contributed by atoms with Crippen LogP contribution >= 0.6 is 0 Å². The molecule has 0 aliphatic heterocycles. The number of rotatable bonds is 6. The Kier molecular flexibility index (Phi) is 6.61. The fourth-order valence-corrected chi connectivity index (χ4v) is 2.71. The zero-order valence-electron chi connectivity index (χ0n) is 11.3. The summed E-state index contributed by atoms with van der Waals surface area (Å²) in [5.74, 6) is 1.75. The van der Waals surface area contributed by atoms with Gasteiger partial charge in [-0.05, 0) is 0 Å². The predicted molar refractivity (Wildman–Crippen MR) is 71.6 cm³/mol. The van der Waals surface area contributed by atoms with Crippen LogP contribution in [0.2, 0.25) is 5.82 Å². The third kappa shape index (κ3) is 4.56. The Balaban J connectivity index is 2.40. The van der Waals surface area contributed by atoms with Crippen LogP contribution in [-0.2, 0) is 14.3 Å². The Bertz CT molecular complexity index is 341. The van der Waals surface area contributed by atoms with E-state index in [1.165, 1.54) is 7.11 Å². The van der Waals surface area contributed by atoms with Gasteiger partial charge in [-0.15, -0.1) is 0 Å². The summed E-state index contributed by atoms with van der Waals surface area (Å²) in [6.07, 6.45) is 5.22. The second-order valence-electron chi connectivity index (χ2n) is 4.46. The fraction of sp³-hybridized carbons (Fsp3) is 0.692. The van der Waals surface area contributed by atoms with Crippen molar-refractivity contribution in [2.45, 2.75) is 37.5 Å². The van der Waals surface area contributed by atoms with E-state index in [4.69, 9.17) is 4.74 Å². The van der Waals surface area contributed by atoms with Gasteiger partial charge in [0, 0.05) is 0 Å². The second-order valence-corrected chi connectivity index (χ2v) is 6.27. The summed E-state index contributed by atoms with van der Waals surface area (Å²) >= 11 is 0.116. The van der Waals surface area contributed by atoms with E-state index in [1.54, 1.807) is 0 Å². The molecule has 0 bridgehead atoms. The van der Waals surface area contributed by atoms with Crippen LogP contribution < -0.4 is 0 Å². The summed E-state index contributed by atoms with van der Waals surface area (Å²) < 4.78 is 5.09. The maximum absolute atomic E-state index is 11.4. The van der Waals surface area contributed by atoms with Crippen molar-refractivity contribution in [3.8, 4) is 0 Å². The van der Waals surface area contributed by atoms with Gasteiger partial charge in [0.05, 0.1) is 0 Å². The molecule has 1 unspecified atom stereocenters. The van der Waals surface area contributed by atoms with Gasteiger partial charge < -0.3 is 0 Å². The van der Waals surface area contributed by atoms with Gasteiger partial charge in [-0.25, -0.2) is 0 Å². The molecule has 0 fully saturated rings. The van der Waals surface area contributed by atoms with Gasteiger partial charge in [0.15, 0.2) is 0 Å². The molecular weight excluding hydrogens is 297 g/mol. The minimum atomic E-state index is -0.208. The van der Waals surface area contributed by atoms with Crippen molar-refractivity contribution in [2.24, 2.45) is 0 Å². The van der Waals surface area contributed by atoms with Crippen molar-refractivity contribution in [3.05, 3.63) is 11.6 Å². The summed E-state index contributed by atoms with van der Waals surface area (Å²) in [5.41, 5.74) is 0.787. The molecule has 102 valence electrons. The van der Waals surface area contributed by atoms with Crippen LogP contribution in [-0.4, -0.2) is 57.3 Å². The van der Waals surface area contributed by atoms with E-state index in [1.807, 2.05) is 11.9 Å². The second kappa shape index (κ2) is 7.72. The molecule has 0 heterocycles. The molecule has 0 N–H and O–H groups in total. The van der Waals surface area contributed by atoms with Crippen molar-refractivity contribution in [1.29, 1.82) is 0 Å². The molecule has 0 amide bonds. The summed E-state index contributed by atoms with van der Waals surface area (Å²) in [5, 5.41) is 0. The third-order valence-electron chi connectivity index (χ3n) is 3.35. The number of ether oxygens (including phenoxy) is 1. The van der Waals surface area contributed by atoms with E-state index in [0.29, 0.717) is 17.1 Å². The molecule has 1 aliphatic carbocycles. The molecule has 0 spiro atoms. The van der Waals surface area contributed by atoms with Crippen LogP contribution in [0, 0.1) is 0 Å². The Hall–Kier alpha value is -0.641. The Morgan fingerprint density at radius 3 is 2.78 bits per heavy atom. The SMILES string of the molecule is COC(=O)C1=CCC(N(C)CCC(=O)[Se]C)CC1. The first-order valence-electron chi connectivity index (χ1n) is 6.13. The standard InChI is InChI=1S/C13H21NO3Se/c1-14(9-8-12(15)18-3)11-6-4-10(5-7-11)13(16)17-2/h4,11H,5-9H2,1-3H3. The summed E-state index contributed by atoms with van der Waals surface area (Å²) in [4.78, 5) is 24.9. The number of carbonyl (C=O) groups is 2. The topological polar surface area (TPSA) is 46.6 Å². The van der Waals surface area contributed by atoms with E-state index in [2.05, 4.69) is 11.9 Å². The molecule has 1 rings (SSSR count). The molecule has 1 atom stereocenters. The number of hydrogen-bond donors (Lipinski definition) is 0. The molecule has 0 aromatic rings. The van der Waals surface area contributed by atoms with Crippen LogP contribution in [0.5, 0.6) is 0 Å². The van der Waals surface area contributed by atoms with Crippen molar-refractivity contribution in [3.63, 3.8) is 0 Å². The first-order chi connectivity index (χ1) is 8.58. The van der Waals surface area contributed by atoms with Gasteiger partial charge in [-0.2, -0.15) is 0 Å². The Morgan fingerprint density at radius 2 is 2.28 bits per heavy atom. The van der Waals surface area contributed by atoms with Crippen LogP contribution in [0.1, 0.15) is 25.7 Å². The molecule has 0 saturated carbocycles. The Morgan fingerprint density at radius 1 is 1.56 bits per heavy atom. The first kappa shape index (κ1) is 15.4. The van der Waals surface area contributed by atoms with Crippen molar-refractivity contribution >= 4 is 25.6 Å².